The van der Waals surface area contributed by atoms with E-state index in [0.717, 1.165) is 22.9 Å². The van der Waals surface area contributed by atoms with Crippen molar-refractivity contribution in [1.82, 2.24) is 9.88 Å². The Morgan fingerprint density at radius 1 is 1.53 bits per heavy atom. The van der Waals surface area contributed by atoms with Crippen LogP contribution in [0.1, 0.15) is 30.9 Å². The van der Waals surface area contributed by atoms with Crippen LogP contribution in [0.15, 0.2) is 22.9 Å². The van der Waals surface area contributed by atoms with E-state index in [4.69, 9.17) is 5.73 Å². The molecule has 0 saturated carbocycles. The summed E-state index contributed by atoms with van der Waals surface area (Å²) in [5, 5.41) is 0. The second-order valence-electron chi connectivity index (χ2n) is 4.44. The Labute approximate surface area is 109 Å². The van der Waals surface area contributed by atoms with Crippen molar-refractivity contribution in [2.45, 2.75) is 31.3 Å². The van der Waals surface area contributed by atoms with Gasteiger partial charge in [-0.15, -0.1) is 0 Å². The molecule has 0 aromatic carbocycles. The lowest BCUT2D eigenvalue weighted by Gasteiger charge is -2.30. The highest BCUT2D eigenvalue weighted by atomic mass is 79.9. The molecule has 0 aliphatic carbocycles. The summed E-state index contributed by atoms with van der Waals surface area (Å²) in [4.78, 5) is 17.8. The first kappa shape index (κ1) is 12.5. The molecule has 1 amide bonds. The Kier molecular flexibility index (Phi) is 3.79. The van der Waals surface area contributed by atoms with Gasteiger partial charge in [-0.05, 0) is 40.4 Å². The largest absolute Gasteiger partial charge is 0.337 e. The van der Waals surface area contributed by atoms with Crippen LogP contribution in [-0.2, 0) is 4.79 Å². The molecule has 0 radical (unpaired) electrons. The smallest absolute Gasteiger partial charge is 0.222 e. The molecule has 1 aliphatic rings. The van der Waals surface area contributed by atoms with E-state index in [-0.39, 0.29) is 18.0 Å². The second kappa shape index (κ2) is 5.14. The summed E-state index contributed by atoms with van der Waals surface area (Å²) in [5.41, 5.74) is 7.17. The van der Waals surface area contributed by atoms with Gasteiger partial charge < -0.3 is 10.6 Å². The molecule has 1 aromatic rings. The highest BCUT2D eigenvalue weighted by Crippen LogP contribution is 2.29. The van der Waals surface area contributed by atoms with Gasteiger partial charge in [-0.25, -0.2) is 0 Å². The Morgan fingerprint density at radius 2 is 2.29 bits per heavy atom. The molecule has 1 saturated heterocycles. The van der Waals surface area contributed by atoms with E-state index in [1.807, 2.05) is 13.1 Å². The normalized spacial score (nSPS) is 25.8. The fourth-order valence-electron chi connectivity index (χ4n) is 2.33. The van der Waals surface area contributed by atoms with E-state index < -0.39 is 0 Å². The predicted molar refractivity (Wildman–Crippen MR) is 69.3 cm³/mol. The second-order valence-corrected chi connectivity index (χ2v) is 5.36. The van der Waals surface area contributed by atoms with Crippen LogP contribution in [-0.4, -0.2) is 28.9 Å². The third-order valence-electron chi connectivity index (χ3n) is 3.21. The number of amides is 1. The number of rotatable bonds is 1. The molecular formula is C12H16BrN3O. The van der Waals surface area contributed by atoms with Crippen molar-refractivity contribution in [3.63, 3.8) is 0 Å². The minimum absolute atomic E-state index is 0.0254. The predicted octanol–water partition coefficient (Wildman–Crippen LogP) is 1.85. The molecule has 0 spiro atoms. The van der Waals surface area contributed by atoms with E-state index in [0.29, 0.717) is 6.42 Å². The molecule has 92 valence electrons. The van der Waals surface area contributed by atoms with Gasteiger partial charge in [0.15, 0.2) is 0 Å². The zero-order chi connectivity index (χ0) is 12.4. The molecule has 1 aromatic heterocycles. The average Bonchev–Trinajstić information content (AvgIpc) is 2.40. The first-order chi connectivity index (χ1) is 8.09. The minimum Gasteiger partial charge on any atom is -0.337 e. The van der Waals surface area contributed by atoms with Gasteiger partial charge in [0.25, 0.3) is 0 Å². The van der Waals surface area contributed by atoms with Crippen LogP contribution in [0, 0.1) is 0 Å². The summed E-state index contributed by atoms with van der Waals surface area (Å²) in [7, 11) is 1.82. The lowest BCUT2D eigenvalue weighted by molar-refractivity contribution is -0.131. The molecule has 17 heavy (non-hydrogen) atoms. The van der Waals surface area contributed by atoms with Crippen molar-refractivity contribution in [2.24, 2.45) is 5.73 Å². The third kappa shape index (κ3) is 2.66. The van der Waals surface area contributed by atoms with Gasteiger partial charge in [-0.1, -0.05) is 0 Å². The van der Waals surface area contributed by atoms with Crippen molar-refractivity contribution in [3.8, 4) is 0 Å². The van der Waals surface area contributed by atoms with Gasteiger partial charge in [0.2, 0.25) is 5.91 Å². The van der Waals surface area contributed by atoms with E-state index >= 15 is 0 Å². The van der Waals surface area contributed by atoms with Crippen LogP contribution < -0.4 is 5.73 Å². The number of nitrogens with two attached hydrogens (primary N) is 1. The van der Waals surface area contributed by atoms with Gasteiger partial charge in [0, 0.05) is 36.4 Å². The Morgan fingerprint density at radius 3 is 3.00 bits per heavy atom. The number of likely N-dealkylation sites (tertiary alicyclic amines) is 1. The fraction of sp³-hybridized carbons (Fsp3) is 0.500. The summed E-state index contributed by atoms with van der Waals surface area (Å²) in [6.45, 7) is 0. The van der Waals surface area contributed by atoms with E-state index in [2.05, 4.69) is 20.9 Å². The van der Waals surface area contributed by atoms with Crippen molar-refractivity contribution < 1.29 is 4.79 Å². The molecule has 2 heterocycles. The van der Waals surface area contributed by atoms with Gasteiger partial charge in [-0.2, -0.15) is 0 Å². The third-order valence-corrected chi connectivity index (χ3v) is 3.65. The number of carbonyl (C=O) groups excluding carboxylic acids is 1. The molecule has 2 rings (SSSR count). The van der Waals surface area contributed by atoms with Crippen molar-refractivity contribution >= 4 is 21.8 Å². The first-order valence-corrected chi connectivity index (χ1v) is 6.50. The lowest BCUT2D eigenvalue weighted by Crippen LogP contribution is -2.39. The van der Waals surface area contributed by atoms with Crippen molar-refractivity contribution in [2.75, 3.05) is 7.05 Å². The maximum Gasteiger partial charge on any atom is 0.222 e. The zero-order valence-corrected chi connectivity index (χ0v) is 11.4. The number of hydrogen-bond donors (Lipinski definition) is 1. The molecule has 2 atom stereocenters. The monoisotopic (exact) mass is 297 g/mol. The fourth-order valence-corrected chi connectivity index (χ4v) is 2.71. The van der Waals surface area contributed by atoms with E-state index in [1.165, 1.54) is 0 Å². The zero-order valence-electron chi connectivity index (χ0n) is 9.77. The Bertz CT molecular complexity index is 424. The highest BCUT2D eigenvalue weighted by Gasteiger charge is 2.30. The summed E-state index contributed by atoms with van der Waals surface area (Å²) in [6.07, 6.45) is 5.83. The highest BCUT2D eigenvalue weighted by molar-refractivity contribution is 9.10. The molecule has 1 aliphatic heterocycles. The number of nitrogens with zero attached hydrogens (tertiary/aromatic N) is 2. The van der Waals surface area contributed by atoms with E-state index in [1.54, 1.807) is 17.3 Å². The average molecular weight is 298 g/mol. The molecule has 0 bridgehead atoms. The number of carbonyl (C=O) groups is 1. The molecule has 2 N–H and O–H groups in total. The van der Waals surface area contributed by atoms with Crippen LogP contribution in [0.5, 0.6) is 0 Å². The summed E-state index contributed by atoms with van der Waals surface area (Å²) in [6, 6.07) is 1.88. The number of hydrogen-bond acceptors (Lipinski definition) is 3. The van der Waals surface area contributed by atoms with Gasteiger partial charge in [0.05, 0.1) is 6.04 Å². The summed E-state index contributed by atoms with van der Waals surface area (Å²) >= 11 is 3.40. The maximum atomic E-state index is 11.9. The van der Waals surface area contributed by atoms with Gasteiger partial charge in [-0.3, -0.25) is 9.78 Å². The SMILES string of the molecule is CN1C(=O)CCCC(N)C1c1cncc(Br)c1. The first-order valence-electron chi connectivity index (χ1n) is 5.71. The number of pyridine rings is 1. The van der Waals surface area contributed by atoms with Crippen LogP contribution in [0.4, 0.5) is 0 Å². The molecule has 1 fully saturated rings. The minimum atomic E-state index is -0.0741. The molecule has 4 nitrogen and oxygen atoms in total. The molecule has 2 unspecified atom stereocenters. The quantitative estimate of drug-likeness (QED) is 0.861. The van der Waals surface area contributed by atoms with Crippen molar-refractivity contribution in [1.29, 1.82) is 0 Å². The Balaban J connectivity index is 2.35. The maximum absolute atomic E-state index is 11.9. The van der Waals surface area contributed by atoms with Crippen molar-refractivity contribution in [3.05, 3.63) is 28.5 Å². The van der Waals surface area contributed by atoms with E-state index in [9.17, 15) is 4.79 Å². The Hall–Kier alpha value is -0.940. The van der Waals surface area contributed by atoms with Gasteiger partial charge >= 0.3 is 0 Å². The number of halogens is 1. The van der Waals surface area contributed by atoms with Crippen LogP contribution in [0.25, 0.3) is 0 Å². The van der Waals surface area contributed by atoms with Crippen LogP contribution in [0.3, 0.4) is 0 Å². The standard InChI is InChI=1S/C12H16BrN3O/c1-16-11(17)4-2-3-10(14)12(16)8-5-9(13)7-15-6-8/h5-7,10,12H,2-4,14H2,1H3. The van der Waals surface area contributed by atoms with Gasteiger partial charge in [0.1, 0.15) is 0 Å². The molecule has 5 heteroatoms. The summed E-state index contributed by atoms with van der Waals surface area (Å²) < 4.78 is 0.910. The summed E-state index contributed by atoms with van der Waals surface area (Å²) in [5.74, 6) is 0.155. The number of aromatic nitrogens is 1. The number of likely N-dealkylation sites (N-methyl/N-ethyl adjacent to an activating group) is 1. The van der Waals surface area contributed by atoms with Crippen LogP contribution >= 0.6 is 15.9 Å². The topological polar surface area (TPSA) is 59.2 Å². The molecular weight excluding hydrogens is 282 g/mol. The lowest BCUT2D eigenvalue weighted by atomic mass is 9.98. The van der Waals surface area contributed by atoms with Crippen LogP contribution in [0.2, 0.25) is 0 Å².